The lowest BCUT2D eigenvalue weighted by molar-refractivity contribution is 0.112. The van der Waals surface area contributed by atoms with Gasteiger partial charge in [-0.15, -0.1) is 0 Å². The molecule has 0 N–H and O–H groups in total. The molecule has 0 saturated carbocycles. The van der Waals surface area contributed by atoms with E-state index in [0.717, 1.165) is 6.42 Å². The van der Waals surface area contributed by atoms with E-state index in [1.807, 2.05) is 13.1 Å². The monoisotopic (exact) mass is 125 g/mol. The van der Waals surface area contributed by atoms with Crippen LogP contribution >= 0.6 is 0 Å². The molecule has 1 rings (SSSR count). The van der Waals surface area contributed by atoms with E-state index in [4.69, 9.17) is 4.74 Å². The molecule has 0 aromatic heterocycles. The van der Waals surface area contributed by atoms with Crippen molar-refractivity contribution in [3.8, 4) is 0 Å². The van der Waals surface area contributed by atoms with Crippen molar-refractivity contribution in [3.63, 3.8) is 0 Å². The molecule has 0 aromatic carbocycles. The van der Waals surface area contributed by atoms with E-state index in [-0.39, 0.29) is 6.23 Å². The van der Waals surface area contributed by atoms with E-state index < -0.39 is 0 Å². The van der Waals surface area contributed by atoms with E-state index in [0.29, 0.717) is 0 Å². The van der Waals surface area contributed by atoms with Crippen molar-refractivity contribution in [2.45, 2.75) is 19.6 Å². The van der Waals surface area contributed by atoms with Gasteiger partial charge >= 0.3 is 0 Å². The van der Waals surface area contributed by atoms with Crippen LogP contribution in [0, 0.1) is 0 Å². The number of hydrogen-bond acceptors (Lipinski definition) is 2. The maximum absolute atomic E-state index is 5.00. The van der Waals surface area contributed by atoms with Gasteiger partial charge in [-0.25, -0.2) is 0 Å². The Morgan fingerprint density at radius 2 is 2.56 bits per heavy atom. The van der Waals surface area contributed by atoms with Crippen LogP contribution in [0.1, 0.15) is 13.3 Å². The number of methoxy groups -OCH3 is 1. The average Bonchev–Trinajstić information content (AvgIpc) is 1.90. The van der Waals surface area contributed by atoms with Crippen molar-refractivity contribution in [2.75, 3.05) is 7.11 Å². The molecule has 0 radical (unpaired) electrons. The predicted molar refractivity (Wildman–Crippen MR) is 37.7 cm³/mol. The first-order valence-corrected chi connectivity index (χ1v) is 3.05. The summed E-state index contributed by atoms with van der Waals surface area (Å²) in [7, 11) is 1.68. The second-order valence-corrected chi connectivity index (χ2v) is 2.15. The Morgan fingerprint density at radius 1 is 1.78 bits per heavy atom. The predicted octanol–water partition coefficient (Wildman–Crippen LogP) is 1.38. The van der Waals surface area contributed by atoms with Crippen LogP contribution in [0.3, 0.4) is 0 Å². The third-order valence-corrected chi connectivity index (χ3v) is 1.36. The molecule has 1 atom stereocenters. The highest BCUT2D eigenvalue weighted by Crippen LogP contribution is 2.07. The van der Waals surface area contributed by atoms with Crippen LogP contribution < -0.4 is 0 Å². The molecular weight excluding hydrogens is 114 g/mol. The Bertz CT molecular complexity index is 149. The number of dihydropyridines is 1. The molecule has 0 saturated heterocycles. The molecule has 1 aliphatic heterocycles. The summed E-state index contributed by atoms with van der Waals surface area (Å²) < 4.78 is 5.00. The number of rotatable bonds is 1. The largest absolute Gasteiger partial charge is 0.359 e. The Morgan fingerprint density at radius 3 is 3.00 bits per heavy atom. The topological polar surface area (TPSA) is 21.6 Å². The second kappa shape index (κ2) is 2.78. The van der Waals surface area contributed by atoms with E-state index >= 15 is 0 Å². The summed E-state index contributed by atoms with van der Waals surface area (Å²) in [6.45, 7) is 2.04. The summed E-state index contributed by atoms with van der Waals surface area (Å²) in [6.07, 6.45) is 4.95. The summed E-state index contributed by atoms with van der Waals surface area (Å²) in [5, 5.41) is 0. The first kappa shape index (κ1) is 6.49. The Labute approximate surface area is 55.2 Å². The summed E-state index contributed by atoms with van der Waals surface area (Å²) in [6, 6.07) is 0. The average molecular weight is 125 g/mol. The number of hydrogen-bond donors (Lipinski definition) is 0. The third kappa shape index (κ3) is 1.64. The van der Waals surface area contributed by atoms with Gasteiger partial charge in [-0.3, -0.25) is 4.99 Å². The van der Waals surface area contributed by atoms with Gasteiger partial charge < -0.3 is 4.74 Å². The lowest BCUT2D eigenvalue weighted by atomic mass is 10.2. The Kier molecular flexibility index (Phi) is 2.01. The molecule has 9 heavy (non-hydrogen) atoms. The minimum absolute atomic E-state index is 0.0636. The smallest absolute Gasteiger partial charge is 0.151 e. The van der Waals surface area contributed by atoms with Gasteiger partial charge in [0.15, 0.2) is 6.23 Å². The molecule has 1 unspecified atom stereocenters. The molecule has 1 heterocycles. The van der Waals surface area contributed by atoms with E-state index in [1.54, 1.807) is 7.11 Å². The molecular formula is C7H11NO. The van der Waals surface area contributed by atoms with Crippen molar-refractivity contribution in [3.05, 3.63) is 11.6 Å². The van der Waals surface area contributed by atoms with Crippen LogP contribution in [0.2, 0.25) is 0 Å². The van der Waals surface area contributed by atoms with Crippen LogP contribution in [0.15, 0.2) is 16.6 Å². The van der Waals surface area contributed by atoms with Crippen molar-refractivity contribution < 1.29 is 4.74 Å². The maximum Gasteiger partial charge on any atom is 0.151 e. The molecule has 0 fully saturated rings. The van der Waals surface area contributed by atoms with E-state index in [2.05, 4.69) is 11.1 Å². The van der Waals surface area contributed by atoms with Crippen LogP contribution in [-0.4, -0.2) is 19.6 Å². The van der Waals surface area contributed by atoms with Crippen molar-refractivity contribution in [2.24, 2.45) is 4.99 Å². The van der Waals surface area contributed by atoms with Gasteiger partial charge in [0, 0.05) is 19.7 Å². The summed E-state index contributed by atoms with van der Waals surface area (Å²) in [4.78, 5) is 4.11. The first-order valence-electron chi connectivity index (χ1n) is 3.05. The zero-order valence-electron chi connectivity index (χ0n) is 5.79. The minimum atomic E-state index is 0.0636. The molecule has 1 aliphatic rings. The first-order chi connectivity index (χ1) is 4.33. The van der Waals surface area contributed by atoms with Gasteiger partial charge in [-0.2, -0.15) is 0 Å². The summed E-state index contributed by atoms with van der Waals surface area (Å²) in [5.74, 6) is 0. The highest BCUT2D eigenvalue weighted by atomic mass is 16.5. The number of allylic oxidation sites excluding steroid dienone is 1. The zero-order chi connectivity index (χ0) is 6.69. The molecule has 0 amide bonds. The molecule has 0 aliphatic carbocycles. The summed E-state index contributed by atoms with van der Waals surface area (Å²) >= 11 is 0. The molecule has 0 spiro atoms. The van der Waals surface area contributed by atoms with Crippen LogP contribution in [0.4, 0.5) is 0 Å². The highest BCUT2D eigenvalue weighted by molar-refractivity contribution is 5.78. The normalized spacial score (nSPS) is 26.0. The van der Waals surface area contributed by atoms with Crippen LogP contribution in [-0.2, 0) is 4.74 Å². The van der Waals surface area contributed by atoms with Crippen LogP contribution in [0.25, 0.3) is 0 Å². The van der Waals surface area contributed by atoms with Crippen molar-refractivity contribution >= 4 is 6.21 Å². The lowest BCUT2D eigenvalue weighted by Gasteiger charge is -2.11. The fraction of sp³-hybridized carbons (Fsp3) is 0.571. The van der Waals surface area contributed by atoms with Gasteiger partial charge in [-0.1, -0.05) is 6.08 Å². The zero-order valence-corrected chi connectivity index (χ0v) is 5.79. The quantitative estimate of drug-likeness (QED) is 0.518. The van der Waals surface area contributed by atoms with Gasteiger partial charge in [0.2, 0.25) is 0 Å². The third-order valence-electron chi connectivity index (χ3n) is 1.36. The molecule has 0 aromatic rings. The molecule has 2 heteroatoms. The summed E-state index contributed by atoms with van der Waals surface area (Å²) in [5.41, 5.74) is 1.23. The van der Waals surface area contributed by atoms with Gasteiger partial charge in [0.25, 0.3) is 0 Å². The van der Waals surface area contributed by atoms with Gasteiger partial charge in [0.1, 0.15) is 0 Å². The standard InChI is InChI=1S/C7H11NO/c1-6-3-4-7(9-2)8-5-6/h3,5,7H,4H2,1-2H3. The fourth-order valence-corrected chi connectivity index (χ4v) is 0.758. The number of aliphatic imine (C=N–C) groups is 1. The lowest BCUT2D eigenvalue weighted by Crippen LogP contribution is -2.09. The van der Waals surface area contributed by atoms with E-state index in [1.165, 1.54) is 5.57 Å². The SMILES string of the molecule is COC1CC=C(C)C=N1. The van der Waals surface area contributed by atoms with Crippen molar-refractivity contribution in [1.29, 1.82) is 0 Å². The second-order valence-electron chi connectivity index (χ2n) is 2.15. The van der Waals surface area contributed by atoms with Crippen LogP contribution in [0.5, 0.6) is 0 Å². The number of ether oxygens (including phenoxy) is 1. The molecule has 2 nitrogen and oxygen atoms in total. The van der Waals surface area contributed by atoms with Gasteiger partial charge in [-0.05, 0) is 12.5 Å². The Balaban J connectivity index is 2.48. The Hall–Kier alpha value is -0.630. The van der Waals surface area contributed by atoms with Crippen molar-refractivity contribution in [1.82, 2.24) is 0 Å². The maximum atomic E-state index is 5.00. The fourth-order valence-electron chi connectivity index (χ4n) is 0.758. The minimum Gasteiger partial charge on any atom is -0.359 e. The molecule has 0 bridgehead atoms. The van der Waals surface area contributed by atoms with E-state index in [9.17, 15) is 0 Å². The number of nitrogens with zero attached hydrogens (tertiary/aromatic N) is 1. The van der Waals surface area contributed by atoms with Gasteiger partial charge in [0.05, 0.1) is 0 Å². The molecule has 50 valence electrons. The highest BCUT2D eigenvalue weighted by Gasteiger charge is 2.04.